The number of carboxylic acids is 2. The van der Waals surface area contributed by atoms with Gasteiger partial charge in [-0.25, -0.2) is 4.98 Å². The van der Waals surface area contributed by atoms with Crippen molar-refractivity contribution >= 4 is 66.5 Å². The Morgan fingerprint density at radius 1 is 0.854 bits per heavy atom. The maximum Gasteiger partial charge on any atom is 0.306 e. The lowest BCUT2D eigenvalue weighted by Crippen LogP contribution is -2.13. The maximum absolute atomic E-state index is 12.6. The van der Waals surface area contributed by atoms with Crippen LogP contribution in [0.4, 0.5) is 0 Å². The van der Waals surface area contributed by atoms with Gasteiger partial charge in [-0.05, 0) is 36.4 Å². The number of carbonyl (C=O) groups is 4. The van der Waals surface area contributed by atoms with E-state index in [4.69, 9.17) is 24.4 Å². The molecule has 0 bridgehead atoms. The monoisotopic (exact) mass is 599 g/mol. The van der Waals surface area contributed by atoms with E-state index in [2.05, 4.69) is 4.98 Å². The highest BCUT2D eigenvalue weighted by Crippen LogP contribution is 2.37. The van der Waals surface area contributed by atoms with Gasteiger partial charge in [-0.15, -0.1) is 22.7 Å². The van der Waals surface area contributed by atoms with Gasteiger partial charge in [0.05, 0.1) is 58.8 Å². The molecule has 2 N–H and O–H groups in total. The first kappa shape index (κ1) is 29.9. The third-order valence-electron chi connectivity index (χ3n) is 6.41. The molecular weight excluding hydrogens is 570 g/mol. The third kappa shape index (κ3) is 7.19. The Morgan fingerprint density at radius 2 is 1.54 bits per heavy atom. The molecule has 4 aromatic rings. The van der Waals surface area contributed by atoms with Crippen LogP contribution in [0.15, 0.2) is 30.3 Å². The van der Waals surface area contributed by atoms with Gasteiger partial charge in [0.15, 0.2) is 23.1 Å². The number of hydrogen-bond acceptors (Lipinski definition) is 10. The summed E-state index contributed by atoms with van der Waals surface area (Å²) in [6.07, 6.45) is 0.793. The van der Waals surface area contributed by atoms with Gasteiger partial charge in [0.1, 0.15) is 5.75 Å². The van der Waals surface area contributed by atoms with Gasteiger partial charge in [0.2, 0.25) is 0 Å². The highest BCUT2D eigenvalue weighted by molar-refractivity contribution is 7.21. The van der Waals surface area contributed by atoms with E-state index in [0.29, 0.717) is 57.7 Å². The van der Waals surface area contributed by atoms with Gasteiger partial charge in [-0.1, -0.05) is 6.92 Å². The van der Waals surface area contributed by atoms with Crippen LogP contribution in [0.3, 0.4) is 0 Å². The Bertz CT molecular complexity index is 1620. The fourth-order valence-corrected chi connectivity index (χ4v) is 6.19. The van der Waals surface area contributed by atoms with Gasteiger partial charge in [-0.2, -0.15) is 0 Å². The normalized spacial score (nSPS) is 11.9. The van der Waals surface area contributed by atoms with Crippen molar-refractivity contribution in [3.8, 4) is 17.2 Å². The van der Waals surface area contributed by atoms with Crippen molar-refractivity contribution in [3.63, 3.8) is 0 Å². The summed E-state index contributed by atoms with van der Waals surface area (Å²) in [5.41, 5.74) is 1.36. The molecule has 0 aliphatic heterocycles. The van der Waals surface area contributed by atoms with E-state index >= 15 is 0 Å². The molecule has 216 valence electrons. The summed E-state index contributed by atoms with van der Waals surface area (Å²) >= 11 is 2.55. The minimum absolute atomic E-state index is 0.0638. The maximum atomic E-state index is 12.6. The number of aryl methyl sites for hydroxylation is 1. The number of ether oxygens (including phenoxy) is 3. The van der Waals surface area contributed by atoms with Crippen LogP contribution in [0.25, 0.3) is 20.3 Å². The van der Waals surface area contributed by atoms with E-state index in [1.54, 1.807) is 31.4 Å². The molecule has 4 rings (SSSR count). The predicted molar refractivity (Wildman–Crippen MR) is 155 cm³/mol. The molecule has 0 saturated carbocycles. The van der Waals surface area contributed by atoms with Crippen LogP contribution >= 0.6 is 22.7 Å². The molecular formula is C29H29NO9S2. The molecule has 0 saturated heterocycles. The summed E-state index contributed by atoms with van der Waals surface area (Å²) in [6, 6.07) is 8.87. The van der Waals surface area contributed by atoms with Crippen LogP contribution in [0.2, 0.25) is 0 Å². The number of hydrogen-bond donors (Lipinski definition) is 2. The third-order valence-corrected chi connectivity index (χ3v) is 8.66. The van der Waals surface area contributed by atoms with Gasteiger partial charge >= 0.3 is 11.9 Å². The molecule has 41 heavy (non-hydrogen) atoms. The van der Waals surface area contributed by atoms with Crippen molar-refractivity contribution in [2.45, 2.75) is 39.0 Å². The van der Waals surface area contributed by atoms with Gasteiger partial charge in [0, 0.05) is 29.7 Å². The lowest BCUT2D eigenvalue weighted by Gasteiger charge is -2.12. The van der Waals surface area contributed by atoms with E-state index in [-0.39, 0.29) is 30.8 Å². The molecule has 0 radical (unpaired) electrons. The highest BCUT2D eigenvalue weighted by atomic mass is 32.1. The lowest BCUT2D eigenvalue weighted by atomic mass is 10.0. The van der Waals surface area contributed by atoms with Gasteiger partial charge in [-0.3, -0.25) is 19.2 Å². The second-order valence-electron chi connectivity index (χ2n) is 9.42. The van der Waals surface area contributed by atoms with Crippen LogP contribution in [-0.4, -0.2) is 59.5 Å². The van der Waals surface area contributed by atoms with E-state index in [9.17, 15) is 19.2 Å². The number of pyridine rings is 1. The quantitative estimate of drug-likeness (QED) is 0.125. The molecule has 3 aromatic heterocycles. The topological polar surface area (TPSA) is 149 Å². The van der Waals surface area contributed by atoms with Crippen molar-refractivity contribution in [3.05, 3.63) is 45.8 Å². The second-order valence-corrected chi connectivity index (χ2v) is 11.6. The molecule has 12 heteroatoms. The average molecular weight is 600 g/mol. The second kappa shape index (κ2) is 13.1. The Labute approximate surface area is 243 Å². The van der Waals surface area contributed by atoms with E-state index in [1.165, 1.54) is 36.7 Å². The zero-order valence-electron chi connectivity index (χ0n) is 22.7. The number of fused-ring (bicyclic) bond motifs is 2. The minimum Gasteiger partial charge on any atom is -0.495 e. The number of thiophene rings is 2. The Balaban J connectivity index is 1.43. The summed E-state index contributed by atoms with van der Waals surface area (Å²) in [7, 11) is 3.09. The number of ketones is 2. The average Bonchev–Trinajstić information content (AvgIpc) is 3.56. The predicted octanol–water partition coefficient (Wildman–Crippen LogP) is 5.88. The molecule has 0 amide bonds. The molecule has 1 aromatic carbocycles. The van der Waals surface area contributed by atoms with Gasteiger partial charge < -0.3 is 24.4 Å². The Morgan fingerprint density at radius 3 is 2.22 bits per heavy atom. The summed E-state index contributed by atoms with van der Waals surface area (Å²) in [6.45, 7) is 1.86. The smallest absolute Gasteiger partial charge is 0.306 e. The van der Waals surface area contributed by atoms with Crippen molar-refractivity contribution in [1.29, 1.82) is 0 Å². The molecule has 0 aliphatic carbocycles. The molecule has 0 aliphatic rings. The number of nitrogens with zero attached hydrogens (tertiary/aromatic N) is 1. The SMILES string of the molecule is COc1cc2sc(C(=O)C[C@H](C)C(=O)O)cc2cc1OCCCc1nc2cc(C(=O)CCC(=O)O)sc2cc1OC. The Hall–Kier alpha value is -4.03. The molecule has 0 fully saturated rings. The lowest BCUT2D eigenvalue weighted by molar-refractivity contribution is -0.141. The number of Topliss-reactive ketones (excluding diaryl/α,β-unsaturated/α-hetero) is 2. The van der Waals surface area contributed by atoms with Crippen molar-refractivity contribution in [2.24, 2.45) is 5.92 Å². The summed E-state index contributed by atoms with van der Waals surface area (Å²) in [5.74, 6) is -1.60. The number of carbonyl (C=O) groups excluding carboxylic acids is 2. The molecule has 10 nitrogen and oxygen atoms in total. The van der Waals surface area contributed by atoms with Crippen LogP contribution in [0, 0.1) is 5.92 Å². The van der Waals surface area contributed by atoms with Gasteiger partial charge in [0.25, 0.3) is 0 Å². The minimum atomic E-state index is -1.01. The van der Waals surface area contributed by atoms with E-state index < -0.39 is 17.9 Å². The largest absolute Gasteiger partial charge is 0.495 e. The number of carboxylic acid groups (broad SMARTS) is 2. The van der Waals surface area contributed by atoms with E-state index in [0.717, 1.165) is 14.8 Å². The molecule has 0 unspecified atom stereocenters. The zero-order valence-corrected chi connectivity index (χ0v) is 24.4. The van der Waals surface area contributed by atoms with Crippen molar-refractivity contribution in [2.75, 3.05) is 20.8 Å². The number of rotatable bonds is 15. The fourth-order valence-electron chi connectivity index (χ4n) is 4.17. The number of aromatic nitrogens is 1. The molecule has 0 spiro atoms. The van der Waals surface area contributed by atoms with Crippen LogP contribution in [0.1, 0.15) is 57.6 Å². The van der Waals surface area contributed by atoms with E-state index in [1.807, 2.05) is 6.07 Å². The first-order valence-electron chi connectivity index (χ1n) is 12.8. The number of methoxy groups -OCH3 is 2. The van der Waals surface area contributed by atoms with Crippen molar-refractivity contribution in [1.82, 2.24) is 4.98 Å². The highest BCUT2D eigenvalue weighted by Gasteiger charge is 2.20. The number of aliphatic carboxylic acids is 2. The molecule has 3 heterocycles. The van der Waals surface area contributed by atoms with Crippen molar-refractivity contribution < 1.29 is 43.6 Å². The summed E-state index contributed by atoms with van der Waals surface area (Å²) < 4.78 is 18.7. The first-order chi connectivity index (χ1) is 19.6. The fraction of sp³-hybridized carbons (Fsp3) is 0.345. The Kier molecular flexibility index (Phi) is 9.56. The standard InChI is InChI=1S/C29H29NO9S2/c1-15(29(35)36)9-20(32)26-11-16-10-23(22(38-3)14-24(16)40-26)39-8-4-5-17-21(37-2)13-25-18(30-17)12-27(41-25)19(31)6-7-28(33)34/h10-15H,4-9H2,1-3H3,(H,33,34)(H,35,36)/t15-/m0/s1. The zero-order chi connectivity index (χ0) is 29.7. The van der Waals surface area contributed by atoms with Crippen LogP contribution in [0.5, 0.6) is 17.2 Å². The molecule has 1 atom stereocenters. The summed E-state index contributed by atoms with van der Waals surface area (Å²) in [5, 5.41) is 18.8. The first-order valence-corrected chi connectivity index (χ1v) is 14.5. The van der Waals surface area contributed by atoms with Crippen LogP contribution in [-0.2, 0) is 16.0 Å². The summed E-state index contributed by atoms with van der Waals surface area (Å²) in [4.78, 5) is 52.5. The number of benzene rings is 1. The van der Waals surface area contributed by atoms with Crippen LogP contribution < -0.4 is 14.2 Å².